The van der Waals surface area contributed by atoms with Gasteiger partial charge in [0, 0.05) is 31.2 Å². The molecule has 3 aromatic rings. The fraction of sp³-hybridized carbons (Fsp3) is 0.360. The maximum absolute atomic E-state index is 14.3. The van der Waals surface area contributed by atoms with Crippen LogP contribution in [0.1, 0.15) is 34.3 Å². The van der Waals surface area contributed by atoms with Gasteiger partial charge in [-0.3, -0.25) is 14.8 Å². The van der Waals surface area contributed by atoms with E-state index in [9.17, 15) is 9.18 Å². The van der Waals surface area contributed by atoms with Gasteiger partial charge in [0.2, 0.25) is 0 Å². The molecule has 0 radical (unpaired) electrons. The highest BCUT2D eigenvalue weighted by Crippen LogP contribution is 2.29. The van der Waals surface area contributed by atoms with Crippen molar-refractivity contribution in [2.24, 2.45) is 0 Å². The summed E-state index contributed by atoms with van der Waals surface area (Å²) in [7, 11) is 1.86. The van der Waals surface area contributed by atoms with Crippen molar-refractivity contribution < 1.29 is 9.18 Å². The van der Waals surface area contributed by atoms with Crippen LogP contribution in [0.2, 0.25) is 0 Å². The van der Waals surface area contributed by atoms with Crippen LogP contribution in [0.25, 0.3) is 11.3 Å². The van der Waals surface area contributed by atoms with Crippen LogP contribution in [-0.4, -0.2) is 58.1 Å². The Morgan fingerprint density at radius 1 is 1.13 bits per heavy atom. The van der Waals surface area contributed by atoms with Gasteiger partial charge in [0.1, 0.15) is 5.82 Å². The van der Waals surface area contributed by atoms with Gasteiger partial charge in [-0.05, 0) is 55.5 Å². The third kappa shape index (κ3) is 3.76. The second kappa shape index (κ2) is 8.27. The fourth-order valence-electron chi connectivity index (χ4n) is 5.10. The molecule has 1 fully saturated rings. The highest BCUT2D eigenvalue weighted by Gasteiger charge is 2.33. The van der Waals surface area contributed by atoms with E-state index in [-0.39, 0.29) is 17.8 Å². The monoisotopic (exact) mass is 418 g/mol. The maximum Gasteiger partial charge on any atom is 0.257 e. The maximum atomic E-state index is 14.3. The van der Waals surface area contributed by atoms with E-state index in [0.717, 1.165) is 38.8 Å². The predicted molar refractivity (Wildman–Crippen MR) is 118 cm³/mol. The highest BCUT2D eigenvalue weighted by molar-refractivity contribution is 5.99. The second-order valence-corrected chi connectivity index (χ2v) is 8.68. The summed E-state index contributed by atoms with van der Waals surface area (Å²) in [5.74, 6) is -0.485. The first-order valence-corrected chi connectivity index (χ1v) is 11.0. The molecular weight excluding hydrogens is 391 g/mol. The molecule has 160 valence electrons. The van der Waals surface area contributed by atoms with Gasteiger partial charge in [0.25, 0.3) is 5.91 Å². The zero-order valence-electron chi connectivity index (χ0n) is 17.7. The molecule has 1 atom stereocenters. The van der Waals surface area contributed by atoms with Crippen LogP contribution < -0.4 is 0 Å². The van der Waals surface area contributed by atoms with E-state index in [1.807, 2.05) is 11.9 Å². The number of hydrogen-bond acceptors (Lipinski definition) is 3. The largest absolute Gasteiger partial charge is 0.337 e. The van der Waals surface area contributed by atoms with E-state index >= 15 is 0 Å². The van der Waals surface area contributed by atoms with E-state index in [0.29, 0.717) is 22.9 Å². The number of piperidine rings is 1. The van der Waals surface area contributed by atoms with Crippen molar-refractivity contribution in [3.63, 3.8) is 0 Å². The molecule has 1 aliphatic carbocycles. The highest BCUT2D eigenvalue weighted by atomic mass is 19.1. The summed E-state index contributed by atoms with van der Waals surface area (Å²) in [5, 5.41) is 6.86. The summed E-state index contributed by atoms with van der Waals surface area (Å²) >= 11 is 0. The van der Waals surface area contributed by atoms with Crippen molar-refractivity contribution in [2.75, 3.05) is 20.1 Å². The summed E-state index contributed by atoms with van der Waals surface area (Å²) in [5.41, 5.74) is 4.12. The number of H-pyrrole nitrogens is 1. The Hall–Kier alpha value is -2.99. The SMILES string of the molecule is CN(C(=O)c1cn[nH]c1-c1ccccc1F)C1CCCN(C2Cc3ccccc3C2)C1. The van der Waals surface area contributed by atoms with E-state index in [1.54, 1.807) is 18.2 Å². The van der Waals surface area contributed by atoms with Crippen LogP contribution in [0, 0.1) is 5.82 Å². The van der Waals surface area contributed by atoms with Crippen LogP contribution in [-0.2, 0) is 12.8 Å². The molecule has 31 heavy (non-hydrogen) atoms. The first-order valence-electron chi connectivity index (χ1n) is 11.0. The number of carbonyl (C=O) groups is 1. The Balaban J connectivity index is 1.31. The molecule has 0 saturated carbocycles. The number of benzene rings is 2. The van der Waals surface area contributed by atoms with Crippen LogP contribution in [0.5, 0.6) is 0 Å². The van der Waals surface area contributed by atoms with Gasteiger partial charge < -0.3 is 4.90 Å². The molecule has 2 aliphatic rings. The number of halogens is 1. The van der Waals surface area contributed by atoms with E-state index < -0.39 is 0 Å². The minimum atomic E-state index is -0.368. The summed E-state index contributed by atoms with van der Waals surface area (Å²) in [6, 6.07) is 15.8. The molecule has 6 heteroatoms. The molecule has 5 rings (SSSR count). The number of nitrogens with zero attached hydrogens (tertiary/aromatic N) is 3. The number of carbonyl (C=O) groups excluding carboxylic acids is 1. The quantitative estimate of drug-likeness (QED) is 0.699. The summed E-state index contributed by atoms with van der Waals surface area (Å²) in [6.45, 7) is 1.94. The van der Waals surface area contributed by atoms with Gasteiger partial charge in [-0.2, -0.15) is 5.10 Å². The van der Waals surface area contributed by atoms with Crippen molar-refractivity contribution in [1.82, 2.24) is 20.0 Å². The van der Waals surface area contributed by atoms with Crippen molar-refractivity contribution in [3.05, 3.63) is 77.2 Å². The normalized spacial score (nSPS) is 19.4. The standard InChI is InChI=1S/C25H27FN4O/c1-29(25(31)22-15-27-28-24(22)21-10-4-5-11-23(21)26)19-9-6-12-30(16-19)20-13-17-7-2-3-8-18(17)14-20/h2-5,7-8,10-11,15,19-20H,6,9,12-14,16H2,1H3,(H,27,28). The predicted octanol–water partition coefficient (Wildman–Crippen LogP) is 3.92. The lowest BCUT2D eigenvalue weighted by Crippen LogP contribution is -2.51. The van der Waals surface area contributed by atoms with Gasteiger partial charge in [-0.25, -0.2) is 4.39 Å². The minimum absolute atomic E-state index is 0.117. The number of amides is 1. The van der Waals surface area contributed by atoms with Crippen LogP contribution in [0.4, 0.5) is 4.39 Å². The van der Waals surface area contributed by atoms with Gasteiger partial charge >= 0.3 is 0 Å². The van der Waals surface area contributed by atoms with Gasteiger partial charge in [-0.1, -0.05) is 36.4 Å². The lowest BCUT2D eigenvalue weighted by atomic mass is 10.00. The molecule has 2 aromatic carbocycles. The molecule has 1 aliphatic heterocycles. The topological polar surface area (TPSA) is 52.2 Å². The molecule has 1 aromatic heterocycles. The number of hydrogen-bond donors (Lipinski definition) is 1. The Morgan fingerprint density at radius 3 is 2.58 bits per heavy atom. The van der Waals surface area contributed by atoms with Crippen LogP contribution in [0.15, 0.2) is 54.7 Å². The van der Waals surface area contributed by atoms with Gasteiger partial charge in [-0.15, -0.1) is 0 Å². The number of likely N-dealkylation sites (tertiary alicyclic amines) is 1. The molecule has 1 unspecified atom stereocenters. The van der Waals surface area contributed by atoms with Crippen molar-refractivity contribution in [1.29, 1.82) is 0 Å². The van der Waals surface area contributed by atoms with Gasteiger partial charge in [0.15, 0.2) is 0 Å². The first-order chi connectivity index (χ1) is 15.1. The smallest absolute Gasteiger partial charge is 0.257 e. The number of aromatic nitrogens is 2. The first kappa shape index (κ1) is 19.9. The molecule has 1 amide bonds. The molecule has 5 nitrogen and oxygen atoms in total. The number of aromatic amines is 1. The van der Waals surface area contributed by atoms with Crippen LogP contribution >= 0.6 is 0 Å². The molecular formula is C25H27FN4O. The van der Waals surface area contributed by atoms with E-state index in [2.05, 4.69) is 39.4 Å². The molecule has 0 spiro atoms. The Morgan fingerprint density at radius 2 is 1.84 bits per heavy atom. The summed E-state index contributed by atoms with van der Waals surface area (Å²) in [4.78, 5) is 17.7. The van der Waals surface area contributed by atoms with Crippen molar-refractivity contribution >= 4 is 5.91 Å². The lowest BCUT2D eigenvalue weighted by Gasteiger charge is -2.40. The van der Waals surface area contributed by atoms with Crippen molar-refractivity contribution in [3.8, 4) is 11.3 Å². The molecule has 1 N–H and O–H groups in total. The number of rotatable bonds is 4. The van der Waals surface area contributed by atoms with Crippen molar-refractivity contribution in [2.45, 2.75) is 37.8 Å². The third-order valence-corrected chi connectivity index (χ3v) is 6.85. The van der Waals surface area contributed by atoms with Crippen LogP contribution in [0.3, 0.4) is 0 Å². The number of likely N-dealkylation sites (N-methyl/N-ethyl adjacent to an activating group) is 1. The van der Waals surface area contributed by atoms with Gasteiger partial charge in [0.05, 0.1) is 17.5 Å². The van der Waals surface area contributed by atoms with E-state index in [1.165, 1.54) is 23.4 Å². The second-order valence-electron chi connectivity index (χ2n) is 8.68. The Bertz CT molecular complexity index is 1070. The Kier molecular flexibility index (Phi) is 5.32. The average molecular weight is 419 g/mol. The molecule has 0 bridgehead atoms. The zero-order chi connectivity index (χ0) is 21.4. The Labute approximate surface area is 181 Å². The molecule has 1 saturated heterocycles. The minimum Gasteiger partial charge on any atom is -0.337 e. The van der Waals surface area contributed by atoms with E-state index in [4.69, 9.17) is 0 Å². The summed E-state index contributed by atoms with van der Waals surface area (Å²) < 4.78 is 14.3. The average Bonchev–Trinajstić information content (AvgIpc) is 3.46. The lowest BCUT2D eigenvalue weighted by molar-refractivity contribution is 0.0556. The molecule has 2 heterocycles. The zero-order valence-corrected chi connectivity index (χ0v) is 17.7. The number of nitrogens with one attached hydrogen (secondary N) is 1. The summed E-state index contributed by atoms with van der Waals surface area (Å²) in [6.07, 6.45) is 5.72. The fourth-order valence-corrected chi connectivity index (χ4v) is 5.10. The number of fused-ring (bicyclic) bond motifs is 1. The third-order valence-electron chi connectivity index (χ3n) is 6.85.